The average Bonchev–Trinajstić information content (AvgIpc) is 2.77. The Kier molecular flexibility index (Phi) is 6.66. The second-order valence-corrected chi connectivity index (χ2v) is 7.26. The van der Waals surface area contributed by atoms with E-state index in [0.717, 1.165) is 16.3 Å². The summed E-state index contributed by atoms with van der Waals surface area (Å²) in [6.07, 6.45) is -4.08. The van der Waals surface area contributed by atoms with Gasteiger partial charge in [-0.05, 0) is 30.7 Å². The largest absolute Gasteiger partial charge is 0.433 e. The number of fused-ring (bicyclic) bond motifs is 1. The van der Waals surface area contributed by atoms with E-state index in [9.17, 15) is 27.6 Å². The van der Waals surface area contributed by atoms with E-state index in [2.05, 4.69) is 10.3 Å². The lowest BCUT2D eigenvalue weighted by atomic mass is 10.2. The molecule has 0 unspecified atom stereocenters. The topological polar surface area (TPSA) is 89.2 Å². The summed E-state index contributed by atoms with van der Waals surface area (Å²) < 4.78 is 40.2. The van der Waals surface area contributed by atoms with Crippen molar-refractivity contribution < 1.29 is 18.0 Å². The van der Waals surface area contributed by atoms with Crippen molar-refractivity contribution in [3.63, 3.8) is 0 Å². The highest BCUT2D eigenvalue weighted by molar-refractivity contribution is 5.77. The van der Waals surface area contributed by atoms with Gasteiger partial charge in [0.1, 0.15) is 17.9 Å². The van der Waals surface area contributed by atoms with Crippen molar-refractivity contribution in [1.82, 2.24) is 19.4 Å². The van der Waals surface area contributed by atoms with Crippen LogP contribution in [0.3, 0.4) is 0 Å². The molecule has 1 N–H and O–H groups in total. The highest BCUT2D eigenvalue weighted by Crippen LogP contribution is 2.28. The van der Waals surface area contributed by atoms with Gasteiger partial charge in [-0.15, -0.1) is 0 Å². The molecular formula is C21H22F3N5O3. The van der Waals surface area contributed by atoms with Crippen molar-refractivity contribution in [3.8, 4) is 0 Å². The smallest absolute Gasteiger partial charge is 0.375 e. The lowest BCUT2D eigenvalue weighted by Crippen LogP contribution is -2.43. The fourth-order valence-corrected chi connectivity index (χ4v) is 3.23. The van der Waals surface area contributed by atoms with Crippen LogP contribution in [0.2, 0.25) is 0 Å². The summed E-state index contributed by atoms with van der Waals surface area (Å²) in [4.78, 5) is 42.8. The minimum Gasteiger partial charge on any atom is -0.375 e. The first kappa shape index (κ1) is 23.0. The number of aromatic nitrogens is 3. The van der Waals surface area contributed by atoms with Crippen molar-refractivity contribution >= 4 is 22.6 Å². The van der Waals surface area contributed by atoms with Crippen LogP contribution in [0.25, 0.3) is 11.0 Å². The third-order valence-corrected chi connectivity index (χ3v) is 4.97. The number of carbonyl (C=O) groups excluding carboxylic acids is 1. The van der Waals surface area contributed by atoms with E-state index in [1.165, 1.54) is 7.05 Å². The molecule has 0 fully saturated rings. The molecule has 11 heteroatoms. The third-order valence-electron chi connectivity index (χ3n) is 4.97. The summed E-state index contributed by atoms with van der Waals surface area (Å²) in [6.45, 7) is 0.460. The lowest BCUT2D eigenvalue weighted by molar-refractivity contribution is -0.141. The molecular weight excluding hydrogens is 427 g/mol. The number of hydrogen-bond donors (Lipinski definition) is 1. The molecule has 8 nitrogen and oxygen atoms in total. The monoisotopic (exact) mass is 449 g/mol. The number of amides is 1. The van der Waals surface area contributed by atoms with E-state index >= 15 is 0 Å². The van der Waals surface area contributed by atoms with Crippen LogP contribution in [-0.4, -0.2) is 40.2 Å². The predicted octanol–water partition coefficient (Wildman–Crippen LogP) is 1.76. The minimum absolute atomic E-state index is 0.183. The van der Waals surface area contributed by atoms with Crippen molar-refractivity contribution in [1.29, 1.82) is 0 Å². The molecule has 170 valence electrons. The quantitative estimate of drug-likeness (QED) is 0.556. The molecule has 0 saturated heterocycles. The van der Waals surface area contributed by atoms with Gasteiger partial charge in [0.05, 0.1) is 5.39 Å². The van der Waals surface area contributed by atoms with Gasteiger partial charge in [0.25, 0.3) is 5.56 Å². The van der Waals surface area contributed by atoms with Gasteiger partial charge in [0, 0.05) is 32.9 Å². The zero-order valence-corrected chi connectivity index (χ0v) is 17.5. The number of pyridine rings is 1. The first-order valence-electron chi connectivity index (χ1n) is 9.80. The predicted molar refractivity (Wildman–Crippen MR) is 114 cm³/mol. The van der Waals surface area contributed by atoms with Crippen LogP contribution in [0, 0.1) is 0 Å². The maximum Gasteiger partial charge on any atom is 0.433 e. The van der Waals surface area contributed by atoms with Gasteiger partial charge in [0.2, 0.25) is 5.91 Å². The second kappa shape index (κ2) is 9.25. The van der Waals surface area contributed by atoms with E-state index in [1.807, 2.05) is 42.3 Å². The molecule has 1 amide bonds. The Balaban J connectivity index is 1.68. The van der Waals surface area contributed by atoms with E-state index in [4.69, 9.17) is 0 Å². The summed E-state index contributed by atoms with van der Waals surface area (Å²) in [5, 5.41) is 2.47. The normalized spacial score (nSPS) is 11.5. The van der Waals surface area contributed by atoms with Crippen LogP contribution in [0.1, 0.15) is 12.1 Å². The SMILES string of the molecule is CN(CCCNC(=O)Cn1c(=O)c2ccc(C(F)(F)F)nc2n(C)c1=O)c1ccccc1. The average molecular weight is 449 g/mol. The molecule has 0 aliphatic rings. The minimum atomic E-state index is -4.71. The number of nitrogens with one attached hydrogen (secondary N) is 1. The highest BCUT2D eigenvalue weighted by Gasteiger charge is 2.33. The third kappa shape index (κ3) is 4.98. The van der Waals surface area contributed by atoms with Crippen LogP contribution in [-0.2, 0) is 24.6 Å². The Morgan fingerprint density at radius 2 is 1.81 bits per heavy atom. The molecule has 3 rings (SSSR count). The maximum absolute atomic E-state index is 12.9. The molecule has 0 aliphatic carbocycles. The summed E-state index contributed by atoms with van der Waals surface area (Å²) in [5.41, 5.74) is -2.37. The first-order chi connectivity index (χ1) is 15.1. The zero-order chi connectivity index (χ0) is 23.5. The lowest BCUT2D eigenvalue weighted by Gasteiger charge is -2.19. The van der Waals surface area contributed by atoms with E-state index < -0.39 is 41.2 Å². The van der Waals surface area contributed by atoms with Crippen molar-refractivity contribution in [2.24, 2.45) is 7.05 Å². The maximum atomic E-state index is 12.9. The van der Waals surface area contributed by atoms with Gasteiger partial charge in [-0.1, -0.05) is 18.2 Å². The summed E-state index contributed by atoms with van der Waals surface area (Å²) in [7, 11) is 3.12. The molecule has 32 heavy (non-hydrogen) atoms. The van der Waals surface area contributed by atoms with E-state index in [-0.39, 0.29) is 5.39 Å². The van der Waals surface area contributed by atoms with Crippen molar-refractivity contribution in [3.05, 3.63) is 69.0 Å². The number of hydrogen-bond acceptors (Lipinski definition) is 5. The number of alkyl halides is 3. The fraction of sp³-hybridized carbons (Fsp3) is 0.333. The van der Waals surface area contributed by atoms with Crippen LogP contribution in [0.5, 0.6) is 0 Å². The summed E-state index contributed by atoms with van der Waals surface area (Å²) >= 11 is 0. The summed E-state index contributed by atoms with van der Waals surface area (Å²) in [5.74, 6) is -0.550. The Morgan fingerprint density at radius 3 is 2.47 bits per heavy atom. The highest BCUT2D eigenvalue weighted by atomic mass is 19.4. The molecule has 2 heterocycles. The molecule has 1 aromatic carbocycles. The van der Waals surface area contributed by atoms with Gasteiger partial charge >= 0.3 is 11.9 Å². The Morgan fingerprint density at radius 1 is 1.12 bits per heavy atom. The molecule has 0 aliphatic heterocycles. The van der Waals surface area contributed by atoms with Crippen LogP contribution >= 0.6 is 0 Å². The van der Waals surface area contributed by atoms with Gasteiger partial charge < -0.3 is 10.2 Å². The number of anilines is 1. The molecule has 0 spiro atoms. The van der Waals surface area contributed by atoms with Crippen molar-refractivity contribution in [2.45, 2.75) is 19.1 Å². The molecule has 3 aromatic rings. The second-order valence-electron chi connectivity index (χ2n) is 7.26. The molecule has 0 bridgehead atoms. The number of halogens is 3. The van der Waals surface area contributed by atoms with Gasteiger partial charge in [-0.25, -0.2) is 9.78 Å². The number of carbonyl (C=O) groups is 1. The number of para-hydroxylation sites is 1. The Hall–Kier alpha value is -3.63. The van der Waals surface area contributed by atoms with Crippen LogP contribution < -0.4 is 21.5 Å². The van der Waals surface area contributed by atoms with E-state index in [0.29, 0.717) is 30.1 Å². The van der Waals surface area contributed by atoms with Crippen LogP contribution in [0.4, 0.5) is 18.9 Å². The Labute approximate surface area is 180 Å². The molecule has 2 aromatic heterocycles. The van der Waals surface area contributed by atoms with Gasteiger partial charge in [0.15, 0.2) is 0 Å². The standard InChI is InChI=1S/C21H22F3N5O3/c1-27(14-7-4-3-5-8-14)12-6-11-25-17(30)13-29-19(31)15-9-10-16(21(22,23)24)26-18(15)28(2)20(29)32/h3-5,7-10H,6,11-13H2,1-2H3,(H,25,30). The number of benzene rings is 1. The zero-order valence-electron chi connectivity index (χ0n) is 17.5. The van der Waals surface area contributed by atoms with Gasteiger partial charge in [-0.3, -0.25) is 18.7 Å². The summed E-state index contributed by atoms with van der Waals surface area (Å²) in [6, 6.07) is 11.3. The van der Waals surface area contributed by atoms with Gasteiger partial charge in [-0.2, -0.15) is 13.2 Å². The first-order valence-corrected chi connectivity index (χ1v) is 9.80. The van der Waals surface area contributed by atoms with E-state index in [1.54, 1.807) is 0 Å². The molecule has 0 saturated carbocycles. The molecule has 0 radical (unpaired) electrons. The molecule has 0 atom stereocenters. The fourth-order valence-electron chi connectivity index (χ4n) is 3.23. The van der Waals surface area contributed by atoms with Crippen LogP contribution in [0.15, 0.2) is 52.1 Å². The Bertz CT molecular complexity index is 1240. The number of rotatable bonds is 7. The van der Waals surface area contributed by atoms with Crippen molar-refractivity contribution in [2.75, 3.05) is 25.0 Å². The number of aryl methyl sites for hydroxylation is 1. The number of nitrogens with zero attached hydrogens (tertiary/aromatic N) is 4.